The number of hydrogen-bond donors (Lipinski definition) is 0. The zero-order chi connectivity index (χ0) is 99.1. The van der Waals surface area contributed by atoms with Crippen molar-refractivity contribution in [1.82, 2.24) is 43.7 Å². The summed E-state index contributed by atoms with van der Waals surface area (Å²) in [5.74, 6) is 2.25. The smallest absolute Gasteiger partial charge is 0.503 e. The van der Waals surface area contributed by atoms with Crippen LogP contribution in [0.3, 0.4) is 0 Å². The van der Waals surface area contributed by atoms with Crippen molar-refractivity contribution in [2.75, 3.05) is 0 Å². The van der Waals surface area contributed by atoms with E-state index in [0.29, 0.717) is 23.3 Å². The van der Waals surface area contributed by atoms with E-state index < -0.39 is 0 Å². The maximum Gasteiger partial charge on any atom is 2.00 e. The minimum atomic E-state index is -0.226. The van der Waals surface area contributed by atoms with Crippen LogP contribution in [0.4, 0.5) is 0 Å². The monoisotopic (exact) mass is 2480 g/mol. The molecule has 0 saturated carbocycles. The minimum Gasteiger partial charge on any atom is -0.503 e. The third-order valence-corrected chi connectivity index (χ3v) is 33.4. The van der Waals surface area contributed by atoms with Crippen LogP contribution in [0.25, 0.3) is 139 Å². The third-order valence-electron chi connectivity index (χ3n) is 33.4. The zero-order valence-corrected chi connectivity index (χ0v) is 92.1. The van der Waals surface area contributed by atoms with Gasteiger partial charge in [0.25, 0.3) is 0 Å². The van der Waals surface area contributed by atoms with Gasteiger partial charge in [0.2, 0.25) is 11.8 Å². The van der Waals surface area contributed by atoms with Crippen LogP contribution in [0.1, 0.15) is 187 Å². The molecule has 0 unspecified atom stereocenters. The molecule has 0 saturated heterocycles. The number of fused-ring (bicyclic) bond motifs is 13. The van der Waals surface area contributed by atoms with E-state index in [1.165, 1.54) is 150 Å². The summed E-state index contributed by atoms with van der Waals surface area (Å²) in [5, 5.41) is 10.7. The molecule has 0 spiro atoms. The predicted octanol–water partition coefficient (Wildman–Crippen LogP) is 31.1. The van der Waals surface area contributed by atoms with Crippen LogP contribution in [-0.2, 0) is 154 Å². The number of aromatic nitrogens is 9. The molecule has 10 aliphatic heterocycles. The number of para-hydroxylation sites is 2. The van der Waals surface area contributed by atoms with Crippen LogP contribution in [-0.4, -0.2) is 43.7 Å². The number of rotatable bonds is 0. The second-order valence-electron chi connectivity index (χ2n) is 43.6. The predicted molar refractivity (Wildman–Crippen MR) is 591 cm³/mol. The zero-order valence-electron chi connectivity index (χ0n) is 85.3. The Morgan fingerprint density at radius 2 is 0.833 bits per heavy atom. The fourth-order valence-corrected chi connectivity index (χ4v) is 25.7. The van der Waals surface area contributed by atoms with Crippen LogP contribution in [0.2, 0.25) is 0 Å². The Morgan fingerprint density at radius 1 is 0.333 bits per heavy atom. The molecular weight excluding hydrogens is 2380 g/mol. The Labute approximate surface area is 919 Å². The van der Waals surface area contributed by atoms with Gasteiger partial charge in [-0.1, -0.05) is 298 Å². The summed E-state index contributed by atoms with van der Waals surface area (Å²) in [7, 11) is 0. The number of pyridine rings is 5. The summed E-state index contributed by atoms with van der Waals surface area (Å²) in [4.78, 5) is 25.1. The van der Waals surface area contributed by atoms with Crippen molar-refractivity contribution in [3.8, 4) is 113 Å². The first-order valence-electron chi connectivity index (χ1n) is 51.9. The van der Waals surface area contributed by atoms with Crippen LogP contribution >= 0.6 is 0 Å². The molecule has 0 N–H and O–H groups in total. The van der Waals surface area contributed by atoms with Gasteiger partial charge in [0.1, 0.15) is 0 Å². The maximum atomic E-state index is 6.51. The summed E-state index contributed by atoms with van der Waals surface area (Å²) in [5.41, 5.74) is 48.0. The van der Waals surface area contributed by atoms with Gasteiger partial charge in [-0.15, -0.1) is 155 Å². The second kappa shape index (κ2) is 37.9. The standard InChI is InChI=1S/C48H37N3.C47H38N4O.C41H32N2O.3Pt/c1-48(2)46-33-10-5-9-31-20-25-43(49-29-31)36-23-24-39-38-15-3-4-18-44(38)51(45(39)28-36)37-14-6-13-35(27-37)42-26-21-32(30-50-42)19-22-34-12-8-17-41(47(34)48)40(46)16-7-11-33;1-45(2)36-16-7-11-27-23-29-21-22-50(49-29)30-13-9-14-31(25-30)52-32-19-20-33-34-15-10-18-38-42(34)51-43(47(5,6)46(38,3)4)39(48-44(51)35(33)26-32)24-28-12-8-17-37(45)41(28)40(27)36;1-41(2)39-31-7-3-9-33(39)34-10-4-8-32(40(34)41)26-20-28-17-23-30(24-18-28)36-12-6-14-38(43-36)44-37-13-5-11-35(42-37)29-21-15-27(16-22-29)19-25-31;;;/h3-4,6-8,11-18,20-21,23-26,29-30H,5,9-10,19,22H2,1-2H3;7-22H,23-24H2,1-6H3;3-18,21,23H,19-20,25-26H2,1-2H3;;;/q3*-2;3*+2. The maximum absolute atomic E-state index is 6.51. The molecule has 18 heterocycles. The molecule has 738 valence electrons. The normalized spacial score (nSPS) is 15.2. The molecular formula is C136H107N9O2Pt3. The summed E-state index contributed by atoms with van der Waals surface area (Å²) < 4.78 is 19.3. The Bertz CT molecular complexity index is 9030. The molecule has 0 radical (unpaired) electrons. The molecule has 14 aromatic carbocycles. The van der Waals surface area contributed by atoms with Crippen molar-refractivity contribution in [2.45, 2.75) is 167 Å². The Balaban J connectivity index is 0.000000119. The number of nitrogens with zero attached hydrogens (tertiary/aromatic N) is 9. The van der Waals surface area contributed by atoms with E-state index in [0.717, 1.165) is 171 Å². The summed E-state index contributed by atoms with van der Waals surface area (Å²) >= 11 is 0. The average molecular weight is 2480 g/mol. The Kier molecular flexibility index (Phi) is 24.7. The van der Waals surface area contributed by atoms with Crippen LogP contribution in [0, 0.1) is 36.4 Å². The van der Waals surface area contributed by atoms with Gasteiger partial charge in [0.05, 0.1) is 17.0 Å². The van der Waals surface area contributed by atoms with Gasteiger partial charge in [-0.2, -0.15) is 11.2 Å². The van der Waals surface area contributed by atoms with Crippen molar-refractivity contribution >= 4 is 49.1 Å². The van der Waals surface area contributed by atoms with Crippen molar-refractivity contribution in [2.24, 2.45) is 0 Å². The topological polar surface area (TPSA) is 110 Å². The SMILES string of the molecule is CC1(C)c2c3cccc2-c2cccc(c21)CCc1c[c-]c(cc1)-c1cccc(n1)Oc1cccc(n1)-c1[c-]cc(cc1)CC3.CC1(C)c2c3cccc2-c2cccc(c21)CCc1ccc(nc1)-c1[c-]c(ccc1)-n1c2[c-]c(ccc2c2ccccc21)-c1ccc(cn1)CCC3.CC1(C)c2cccc3c2-c2c(cccc21)Cc1nc2c4[c-]c(ccc4c4cccc5c4n2c1C(C)(C)C5(C)C)Oc1[c-]c(ccc1)-n1ccc(n1)C3.[Pt+2].[Pt+2].[Pt+2]. The van der Waals surface area contributed by atoms with Gasteiger partial charge in [0, 0.05) is 86.7 Å². The summed E-state index contributed by atoms with van der Waals surface area (Å²) in [6.45, 7) is 24.0. The third kappa shape index (κ3) is 16.3. The first-order chi connectivity index (χ1) is 71.6. The van der Waals surface area contributed by atoms with E-state index >= 15 is 0 Å². The molecule has 3 aliphatic carbocycles. The van der Waals surface area contributed by atoms with E-state index in [2.05, 4.69) is 382 Å². The molecule has 13 aliphatic rings. The van der Waals surface area contributed by atoms with Crippen molar-refractivity contribution in [3.05, 3.63) is 482 Å². The van der Waals surface area contributed by atoms with Gasteiger partial charge in [0.15, 0.2) is 0 Å². The number of aryl methyl sites for hydroxylation is 8. The van der Waals surface area contributed by atoms with E-state index in [9.17, 15) is 0 Å². The molecule has 28 bridgehead atoms. The van der Waals surface area contributed by atoms with Crippen LogP contribution < -0.4 is 9.47 Å². The van der Waals surface area contributed by atoms with Gasteiger partial charge in [-0.3, -0.25) is 19.6 Å². The van der Waals surface area contributed by atoms with E-state index in [-0.39, 0.29) is 90.3 Å². The van der Waals surface area contributed by atoms with Gasteiger partial charge in [-0.25, -0.2) is 0 Å². The molecule has 8 aromatic heterocycles. The number of imidazole rings is 1. The molecule has 22 aromatic rings. The fourth-order valence-electron chi connectivity index (χ4n) is 25.7. The summed E-state index contributed by atoms with van der Waals surface area (Å²) in [6.07, 6.45) is 16.5. The quantitative estimate of drug-likeness (QED) is 0.109. The number of benzene rings is 14. The average Bonchev–Trinajstić information content (AvgIpc) is 1.48. The molecule has 11 nitrogen and oxygen atoms in total. The van der Waals surface area contributed by atoms with Crippen molar-refractivity contribution in [1.29, 1.82) is 0 Å². The molecule has 0 amide bonds. The van der Waals surface area contributed by atoms with Crippen molar-refractivity contribution < 1.29 is 72.7 Å². The first-order valence-corrected chi connectivity index (χ1v) is 51.9. The summed E-state index contributed by atoms with van der Waals surface area (Å²) in [6, 6.07) is 135. The minimum absolute atomic E-state index is 0. The first kappa shape index (κ1) is 97.6. The number of ether oxygens (including phenoxy) is 2. The van der Waals surface area contributed by atoms with E-state index in [4.69, 9.17) is 39.5 Å². The van der Waals surface area contributed by atoms with E-state index in [1.807, 2.05) is 71.5 Å². The Morgan fingerprint density at radius 3 is 1.43 bits per heavy atom. The van der Waals surface area contributed by atoms with Crippen LogP contribution in [0.5, 0.6) is 23.3 Å². The molecule has 0 atom stereocenters. The van der Waals surface area contributed by atoms with Crippen molar-refractivity contribution in [3.63, 3.8) is 0 Å². The second-order valence-corrected chi connectivity index (χ2v) is 43.6. The van der Waals surface area contributed by atoms with Gasteiger partial charge >= 0.3 is 63.2 Å². The largest absolute Gasteiger partial charge is 2.00 e. The van der Waals surface area contributed by atoms with Gasteiger partial charge < -0.3 is 28.4 Å². The van der Waals surface area contributed by atoms with Gasteiger partial charge in [-0.05, 0) is 236 Å². The molecule has 0 fully saturated rings. The fraction of sp³-hybridized carbons (Fsp3) is 0.191. The molecule has 14 heteroatoms. The van der Waals surface area contributed by atoms with E-state index in [1.54, 1.807) is 0 Å². The molecule has 150 heavy (non-hydrogen) atoms. The van der Waals surface area contributed by atoms with Crippen LogP contribution in [0.15, 0.2) is 334 Å². The Hall–Kier alpha value is -14.4. The molecule has 35 rings (SSSR count). The number of hydrogen-bond acceptors (Lipinski definition) is 8.